The Morgan fingerprint density at radius 2 is 2.29 bits per heavy atom. The number of nitrogens with zero attached hydrogens (tertiary/aromatic N) is 1. The number of halogens is 2. The van der Waals surface area contributed by atoms with Gasteiger partial charge in [-0.15, -0.1) is 0 Å². The van der Waals surface area contributed by atoms with Crippen LogP contribution in [0.4, 0.5) is 0 Å². The van der Waals surface area contributed by atoms with Gasteiger partial charge in [0, 0.05) is 16.7 Å². The lowest BCUT2D eigenvalue weighted by Gasteiger charge is -2.31. The van der Waals surface area contributed by atoms with E-state index in [1.165, 1.54) is 0 Å². The summed E-state index contributed by atoms with van der Waals surface area (Å²) >= 11 is 11.7. The Morgan fingerprint density at radius 1 is 1.43 bits per heavy atom. The summed E-state index contributed by atoms with van der Waals surface area (Å²) in [5.41, 5.74) is 3.58. The van der Waals surface area contributed by atoms with E-state index >= 15 is 0 Å². The lowest BCUT2D eigenvalue weighted by Crippen LogP contribution is -2.36. The monoisotopic (exact) mass is 324 g/mol. The summed E-state index contributed by atoms with van der Waals surface area (Å²) < 4.78 is 5.34. The first-order valence-electron chi connectivity index (χ1n) is 6.73. The lowest BCUT2D eigenvalue weighted by molar-refractivity contribution is -0.123. The van der Waals surface area contributed by atoms with Crippen molar-refractivity contribution >= 4 is 34.8 Å². The molecule has 0 aliphatic heterocycles. The Bertz CT molecular complexity index is 628. The van der Waals surface area contributed by atoms with Crippen molar-refractivity contribution in [3.05, 3.63) is 40.4 Å². The molecule has 4 nitrogen and oxygen atoms in total. The van der Waals surface area contributed by atoms with Crippen LogP contribution in [0.25, 0.3) is 0 Å². The van der Waals surface area contributed by atoms with E-state index in [1.54, 1.807) is 18.2 Å². The van der Waals surface area contributed by atoms with Crippen molar-refractivity contribution in [3.8, 4) is 5.75 Å². The molecule has 0 aromatic heterocycles. The standard InChI is InChI=1S/C15H14Cl2N2O2/c16-10-4-5-14(12(17)7-10)21-8-15(20)19-18-13-6-9-2-1-3-11(9)13/h1-2,4-5,7,9,11H,3,6,8H2,(H,19,20)/b18-13-/t9-,11+/m0/s1. The first-order valence-corrected chi connectivity index (χ1v) is 7.49. The summed E-state index contributed by atoms with van der Waals surface area (Å²) in [6.45, 7) is -0.134. The van der Waals surface area contributed by atoms with Crippen LogP contribution >= 0.6 is 23.2 Å². The minimum absolute atomic E-state index is 0.134. The van der Waals surface area contributed by atoms with Gasteiger partial charge in [-0.3, -0.25) is 4.79 Å². The Balaban J connectivity index is 1.47. The number of hydrogen-bond donors (Lipinski definition) is 1. The van der Waals surface area contributed by atoms with Crippen LogP contribution in [0, 0.1) is 11.8 Å². The van der Waals surface area contributed by atoms with E-state index in [4.69, 9.17) is 27.9 Å². The van der Waals surface area contributed by atoms with Gasteiger partial charge < -0.3 is 4.74 Å². The van der Waals surface area contributed by atoms with E-state index in [2.05, 4.69) is 22.7 Å². The van der Waals surface area contributed by atoms with Crippen LogP contribution in [0.1, 0.15) is 12.8 Å². The number of ether oxygens (including phenoxy) is 1. The number of allylic oxidation sites excluding steroid dienone is 2. The van der Waals surface area contributed by atoms with Gasteiger partial charge in [0.2, 0.25) is 0 Å². The van der Waals surface area contributed by atoms with Gasteiger partial charge >= 0.3 is 0 Å². The van der Waals surface area contributed by atoms with Gasteiger partial charge in [0.15, 0.2) is 6.61 Å². The van der Waals surface area contributed by atoms with Gasteiger partial charge in [-0.1, -0.05) is 35.4 Å². The zero-order valence-electron chi connectivity index (χ0n) is 11.2. The van der Waals surface area contributed by atoms with Crippen molar-refractivity contribution < 1.29 is 9.53 Å². The highest BCUT2D eigenvalue weighted by atomic mass is 35.5. The number of rotatable bonds is 4. The second kappa shape index (κ2) is 6.08. The molecule has 1 saturated carbocycles. The molecule has 0 spiro atoms. The van der Waals surface area contributed by atoms with Crippen molar-refractivity contribution in [1.82, 2.24) is 5.43 Å². The van der Waals surface area contributed by atoms with Crippen molar-refractivity contribution in [1.29, 1.82) is 0 Å². The lowest BCUT2D eigenvalue weighted by atomic mass is 9.74. The number of fused-ring (bicyclic) bond motifs is 1. The second-order valence-electron chi connectivity index (χ2n) is 5.14. The number of hydrazone groups is 1. The fraction of sp³-hybridized carbons (Fsp3) is 0.333. The Labute approximate surface area is 132 Å². The van der Waals surface area contributed by atoms with Crippen molar-refractivity contribution in [2.45, 2.75) is 12.8 Å². The number of carbonyl (C=O) groups is 1. The largest absolute Gasteiger partial charge is 0.482 e. The van der Waals surface area contributed by atoms with Gasteiger partial charge in [-0.25, -0.2) is 5.43 Å². The zero-order chi connectivity index (χ0) is 14.8. The summed E-state index contributed by atoms with van der Waals surface area (Å²) in [6, 6.07) is 4.85. The third-order valence-electron chi connectivity index (χ3n) is 3.74. The Morgan fingerprint density at radius 3 is 3.05 bits per heavy atom. The summed E-state index contributed by atoms with van der Waals surface area (Å²) in [7, 11) is 0. The maximum atomic E-state index is 11.7. The summed E-state index contributed by atoms with van der Waals surface area (Å²) in [6.07, 6.45) is 6.35. The number of hydrogen-bond acceptors (Lipinski definition) is 3. The average molecular weight is 325 g/mol. The molecule has 1 fully saturated rings. The van der Waals surface area contributed by atoms with Gasteiger partial charge in [0.25, 0.3) is 5.91 Å². The third kappa shape index (κ3) is 3.22. The summed E-state index contributed by atoms with van der Waals surface area (Å²) in [5.74, 6) is 1.22. The first-order chi connectivity index (χ1) is 10.1. The van der Waals surface area contributed by atoms with E-state index in [0.717, 1.165) is 18.6 Å². The normalized spacial score (nSPS) is 24.6. The molecule has 21 heavy (non-hydrogen) atoms. The van der Waals surface area contributed by atoms with Crippen LogP contribution in [0.3, 0.4) is 0 Å². The van der Waals surface area contributed by atoms with E-state index in [9.17, 15) is 4.79 Å². The average Bonchev–Trinajstić information content (AvgIpc) is 2.79. The third-order valence-corrected chi connectivity index (χ3v) is 4.27. The van der Waals surface area contributed by atoms with Crippen LogP contribution in [0.2, 0.25) is 10.0 Å². The maximum absolute atomic E-state index is 11.7. The predicted octanol–water partition coefficient (Wildman–Crippen LogP) is 3.44. The SMILES string of the molecule is O=C(COc1ccc(Cl)cc1Cl)N/N=C1/C[C@@H]2C=CC[C@@H]12. The highest BCUT2D eigenvalue weighted by Gasteiger charge is 2.37. The molecular formula is C15H14Cl2N2O2. The van der Waals surface area contributed by atoms with Gasteiger partial charge in [-0.2, -0.15) is 5.10 Å². The molecule has 6 heteroatoms. The van der Waals surface area contributed by atoms with Gasteiger partial charge in [0.05, 0.1) is 5.02 Å². The van der Waals surface area contributed by atoms with Crippen LogP contribution in [-0.4, -0.2) is 18.2 Å². The smallest absolute Gasteiger partial charge is 0.277 e. The fourth-order valence-electron chi connectivity index (χ4n) is 2.57. The van der Waals surface area contributed by atoms with Gasteiger partial charge in [0.1, 0.15) is 5.75 Å². The summed E-state index contributed by atoms with van der Waals surface area (Å²) in [5, 5.41) is 5.06. The fourth-order valence-corrected chi connectivity index (χ4v) is 3.03. The molecule has 2 aliphatic carbocycles. The molecule has 110 valence electrons. The first kappa shape index (κ1) is 14.4. The topological polar surface area (TPSA) is 50.7 Å². The molecule has 1 aromatic carbocycles. The van der Waals surface area contributed by atoms with Crippen molar-refractivity contribution in [3.63, 3.8) is 0 Å². The minimum atomic E-state index is -0.303. The zero-order valence-corrected chi connectivity index (χ0v) is 12.7. The molecule has 3 rings (SSSR count). The maximum Gasteiger partial charge on any atom is 0.277 e. The molecule has 2 atom stereocenters. The molecule has 1 amide bonds. The molecule has 1 aromatic rings. The van der Waals surface area contributed by atoms with Crippen LogP contribution < -0.4 is 10.2 Å². The molecule has 0 radical (unpaired) electrons. The number of carbonyl (C=O) groups excluding carboxylic acids is 1. The Hall–Kier alpha value is -1.52. The second-order valence-corrected chi connectivity index (χ2v) is 5.98. The Kier molecular flexibility index (Phi) is 4.17. The van der Waals surface area contributed by atoms with Crippen LogP contribution in [0.5, 0.6) is 5.75 Å². The molecule has 0 unspecified atom stereocenters. The number of nitrogens with one attached hydrogen (secondary N) is 1. The number of benzene rings is 1. The van der Waals surface area contributed by atoms with Crippen LogP contribution in [-0.2, 0) is 4.79 Å². The van der Waals surface area contributed by atoms with E-state index in [0.29, 0.717) is 27.6 Å². The molecule has 0 heterocycles. The molecular weight excluding hydrogens is 311 g/mol. The van der Waals surface area contributed by atoms with Crippen molar-refractivity contribution in [2.24, 2.45) is 16.9 Å². The molecule has 1 N–H and O–H groups in total. The highest BCUT2D eigenvalue weighted by molar-refractivity contribution is 6.35. The molecule has 2 aliphatic rings. The van der Waals surface area contributed by atoms with E-state index < -0.39 is 0 Å². The summed E-state index contributed by atoms with van der Waals surface area (Å²) in [4.78, 5) is 11.7. The number of amides is 1. The molecule has 0 saturated heterocycles. The quantitative estimate of drug-likeness (QED) is 0.681. The highest BCUT2D eigenvalue weighted by Crippen LogP contribution is 2.40. The van der Waals surface area contributed by atoms with Crippen LogP contribution in [0.15, 0.2) is 35.5 Å². The van der Waals surface area contributed by atoms with Crippen molar-refractivity contribution in [2.75, 3.05) is 6.61 Å². The minimum Gasteiger partial charge on any atom is -0.482 e. The molecule has 0 bridgehead atoms. The predicted molar refractivity (Wildman–Crippen MR) is 82.9 cm³/mol. The van der Waals surface area contributed by atoms with E-state index in [1.807, 2.05) is 0 Å². The van der Waals surface area contributed by atoms with Gasteiger partial charge in [-0.05, 0) is 37.0 Å². The van der Waals surface area contributed by atoms with E-state index in [-0.39, 0.29) is 12.5 Å².